The van der Waals surface area contributed by atoms with Crippen LogP contribution in [0.15, 0.2) is 70.3 Å². The van der Waals surface area contributed by atoms with Gasteiger partial charge in [0.1, 0.15) is 11.5 Å². The fourth-order valence-electron chi connectivity index (χ4n) is 5.57. The van der Waals surface area contributed by atoms with E-state index in [1.54, 1.807) is 24.3 Å². The molecule has 6 nitrogen and oxygen atoms in total. The lowest BCUT2D eigenvalue weighted by atomic mass is 9.84. The highest BCUT2D eigenvalue weighted by Gasteiger charge is 2.26. The molecule has 0 saturated carbocycles. The smallest absolute Gasteiger partial charge is 0.231 e. The summed E-state index contributed by atoms with van der Waals surface area (Å²) in [5.41, 5.74) is -1.42. The first kappa shape index (κ1) is 18.7. The molecule has 0 aliphatic heterocycles. The lowest BCUT2D eigenvalue weighted by molar-refractivity contribution is 0.468. The molecule has 0 bridgehead atoms. The van der Waals surface area contributed by atoms with E-state index in [0.717, 1.165) is 0 Å². The number of phenolic OH excluding ortho intramolecular Hbond substituents is 4. The van der Waals surface area contributed by atoms with E-state index in [2.05, 4.69) is 0 Å². The van der Waals surface area contributed by atoms with Crippen LogP contribution in [0.1, 0.15) is 0 Å². The average molecular weight is 446 g/mol. The third-order valence-corrected chi connectivity index (χ3v) is 6.94. The maximum absolute atomic E-state index is 13.1. The summed E-state index contributed by atoms with van der Waals surface area (Å²) in [6.45, 7) is 0. The quantitative estimate of drug-likeness (QED) is 0.192. The predicted molar refractivity (Wildman–Crippen MR) is 133 cm³/mol. The molecule has 0 aromatic heterocycles. The molecule has 0 heterocycles. The van der Waals surface area contributed by atoms with Crippen molar-refractivity contribution in [1.82, 2.24) is 0 Å². The Labute approximate surface area is 189 Å². The first-order chi connectivity index (χ1) is 16.4. The monoisotopic (exact) mass is 446 g/mol. The molecule has 4 N–H and O–H groups in total. The SMILES string of the molecule is O=c1c(O)cc2c3cc(O)c(=O)c4c(O)c5ccccc5c(c43)c3c4ccccc4c(O)c1c23. The van der Waals surface area contributed by atoms with Crippen molar-refractivity contribution in [3.63, 3.8) is 0 Å². The zero-order valence-electron chi connectivity index (χ0n) is 17.4. The van der Waals surface area contributed by atoms with Crippen molar-refractivity contribution in [2.75, 3.05) is 0 Å². The molecule has 0 radical (unpaired) electrons. The van der Waals surface area contributed by atoms with Gasteiger partial charge in [0.2, 0.25) is 10.9 Å². The van der Waals surface area contributed by atoms with E-state index in [1.165, 1.54) is 12.1 Å². The molecule has 0 saturated heterocycles. The largest absolute Gasteiger partial charge is 0.507 e. The summed E-state index contributed by atoms with van der Waals surface area (Å²) in [5, 5.41) is 48.2. The Hall–Kier alpha value is -4.84. The second-order valence-corrected chi connectivity index (χ2v) is 8.58. The van der Waals surface area contributed by atoms with Gasteiger partial charge >= 0.3 is 0 Å². The lowest BCUT2D eigenvalue weighted by Gasteiger charge is -2.19. The summed E-state index contributed by atoms with van der Waals surface area (Å²) in [7, 11) is 0. The van der Waals surface area contributed by atoms with Crippen LogP contribution in [0, 0.1) is 0 Å². The highest BCUT2D eigenvalue weighted by atomic mass is 16.3. The summed E-state index contributed by atoms with van der Waals surface area (Å²) in [6.07, 6.45) is 0. The number of fused-ring (bicyclic) bond motifs is 6. The van der Waals surface area contributed by atoms with Gasteiger partial charge in [0.15, 0.2) is 11.5 Å². The zero-order valence-corrected chi connectivity index (χ0v) is 17.4. The Kier molecular flexibility index (Phi) is 3.27. The van der Waals surface area contributed by atoms with E-state index >= 15 is 0 Å². The minimum atomic E-state index is -0.712. The molecule has 7 rings (SSSR count). The summed E-state index contributed by atoms with van der Waals surface area (Å²) in [4.78, 5) is 26.2. The van der Waals surface area contributed by atoms with Gasteiger partial charge in [-0.1, -0.05) is 48.5 Å². The maximum atomic E-state index is 13.1. The average Bonchev–Trinajstić information content (AvgIpc) is 2.84. The topological polar surface area (TPSA) is 115 Å². The number of benzene rings is 7. The third-order valence-electron chi connectivity index (χ3n) is 6.94. The molecule has 6 heteroatoms. The predicted octanol–water partition coefficient (Wildman–Crippen LogP) is 5.02. The van der Waals surface area contributed by atoms with Gasteiger partial charge < -0.3 is 20.4 Å². The summed E-state index contributed by atoms with van der Waals surface area (Å²) in [5.74, 6) is -1.62. The van der Waals surface area contributed by atoms with E-state index in [-0.39, 0.29) is 22.3 Å². The van der Waals surface area contributed by atoms with E-state index in [4.69, 9.17) is 0 Å². The Balaban J connectivity index is 2.08. The third kappa shape index (κ3) is 1.97. The van der Waals surface area contributed by atoms with Crippen LogP contribution < -0.4 is 10.9 Å². The van der Waals surface area contributed by atoms with E-state index < -0.39 is 22.4 Å². The van der Waals surface area contributed by atoms with Crippen molar-refractivity contribution in [1.29, 1.82) is 0 Å². The van der Waals surface area contributed by atoms with Crippen molar-refractivity contribution >= 4 is 64.6 Å². The minimum Gasteiger partial charge on any atom is -0.507 e. The normalized spacial score (nSPS) is 12.2. The van der Waals surface area contributed by atoms with Gasteiger partial charge in [-0.2, -0.15) is 0 Å². The van der Waals surface area contributed by atoms with Crippen molar-refractivity contribution in [3.05, 3.63) is 81.1 Å². The van der Waals surface area contributed by atoms with Crippen LogP contribution in [0.4, 0.5) is 0 Å². The number of aromatic hydroxyl groups is 4. The minimum absolute atomic E-state index is 0.0367. The van der Waals surface area contributed by atoms with Crippen LogP contribution in [-0.4, -0.2) is 20.4 Å². The second kappa shape index (κ2) is 5.94. The van der Waals surface area contributed by atoms with E-state index in [1.807, 2.05) is 24.3 Å². The Morgan fingerprint density at radius 2 is 0.735 bits per heavy atom. The van der Waals surface area contributed by atoms with Crippen molar-refractivity contribution in [2.45, 2.75) is 0 Å². The van der Waals surface area contributed by atoms with Crippen molar-refractivity contribution in [3.8, 4) is 23.0 Å². The maximum Gasteiger partial charge on any atom is 0.231 e. The molecule has 0 spiro atoms. The van der Waals surface area contributed by atoms with Crippen LogP contribution in [0.25, 0.3) is 64.6 Å². The van der Waals surface area contributed by atoms with Gasteiger partial charge in [-0.15, -0.1) is 0 Å². The number of hydrogen-bond acceptors (Lipinski definition) is 6. The summed E-state index contributed by atoms with van der Waals surface area (Å²) in [6, 6.07) is 16.7. The molecule has 0 aliphatic carbocycles. The molecule has 0 aliphatic rings. The number of hydrogen-bond donors (Lipinski definition) is 4. The fourth-order valence-corrected chi connectivity index (χ4v) is 5.57. The van der Waals surface area contributed by atoms with Crippen LogP contribution in [0.3, 0.4) is 0 Å². The molecule has 0 amide bonds. The highest BCUT2D eigenvalue weighted by Crippen LogP contribution is 2.50. The highest BCUT2D eigenvalue weighted by molar-refractivity contribution is 6.44. The number of phenols is 4. The Morgan fingerprint density at radius 3 is 1.12 bits per heavy atom. The van der Waals surface area contributed by atoms with Gasteiger partial charge in [-0.3, -0.25) is 9.59 Å². The van der Waals surface area contributed by atoms with Crippen molar-refractivity contribution < 1.29 is 20.4 Å². The first-order valence-corrected chi connectivity index (χ1v) is 10.6. The summed E-state index contributed by atoms with van der Waals surface area (Å²) < 4.78 is 0. The fraction of sp³-hybridized carbons (Fsp3) is 0. The molecule has 7 aromatic rings. The van der Waals surface area contributed by atoms with Gasteiger partial charge in [-0.05, 0) is 44.5 Å². The molecule has 34 heavy (non-hydrogen) atoms. The molecular formula is C28H14O6. The van der Waals surface area contributed by atoms with Gasteiger partial charge in [0, 0.05) is 21.5 Å². The van der Waals surface area contributed by atoms with E-state index in [0.29, 0.717) is 53.9 Å². The molecule has 162 valence electrons. The second-order valence-electron chi connectivity index (χ2n) is 8.58. The Morgan fingerprint density at radius 1 is 0.412 bits per heavy atom. The van der Waals surface area contributed by atoms with Gasteiger partial charge in [0.05, 0.1) is 10.8 Å². The van der Waals surface area contributed by atoms with Crippen LogP contribution in [-0.2, 0) is 0 Å². The standard InChI is InChI=1S/C28H14O6/c29-17-9-15-16-10-18(30)28(34)24-22(16)20(12-6-2-4-8-14(12)26(24)32)19-11-5-1-3-7-13(11)25(31)23(21(15)19)27(17)33/h1-10,29-32H. The molecule has 0 atom stereocenters. The van der Waals surface area contributed by atoms with Crippen molar-refractivity contribution in [2.24, 2.45) is 0 Å². The molecule has 7 aromatic carbocycles. The molecular weight excluding hydrogens is 432 g/mol. The zero-order chi connectivity index (χ0) is 23.5. The first-order valence-electron chi connectivity index (χ1n) is 10.6. The lowest BCUT2D eigenvalue weighted by Crippen LogP contribution is -2.06. The van der Waals surface area contributed by atoms with Crippen LogP contribution in [0.5, 0.6) is 23.0 Å². The molecule has 0 unspecified atom stereocenters. The summed E-state index contributed by atoms with van der Waals surface area (Å²) >= 11 is 0. The van der Waals surface area contributed by atoms with Crippen LogP contribution >= 0.6 is 0 Å². The van der Waals surface area contributed by atoms with Gasteiger partial charge in [0.25, 0.3) is 0 Å². The number of rotatable bonds is 0. The van der Waals surface area contributed by atoms with E-state index in [9.17, 15) is 30.0 Å². The molecule has 0 fully saturated rings. The van der Waals surface area contributed by atoms with Crippen LogP contribution in [0.2, 0.25) is 0 Å². The Bertz CT molecular complexity index is 1990. The van der Waals surface area contributed by atoms with Gasteiger partial charge in [-0.25, -0.2) is 0 Å².